The van der Waals surface area contributed by atoms with Crippen LogP contribution in [0, 0.1) is 11.6 Å². The van der Waals surface area contributed by atoms with Gasteiger partial charge in [0.15, 0.2) is 0 Å². The van der Waals surface area contributed by atoms with Gasteiger partial charge >= 0.3 is 0 Å². The van der Waals surface area contributed by atoms with Gasteiger partial charge in [0, 0.05) is 32.7 Å². The summed E-state index contributed by atoms with van der Waals surface area (Å²) in [5.41, 5.74) is 8.98. The molecule has 0 bridgehead atoms. The Morgan fingerprint density at radius 1 is 0.821 bits per heavy atom. The van der Waals surface area contributed by atoms with Crippen molar-refractivity contribution >= 4 is 11.9 Å². The largest absolute Gasteiger partial charge is 0.497 e. The number of piperazine rings is 1. The van der Waals surface area contributed by atoms with Crippen molar-refractivity contribution in [3.05, 3.63) is 107 Å². The molecule has 3 N–H and O–H groups in total. The molecule has 1 aliphatic rings. The lowest BCUT2D eigenvalue weighted by Crippen LogP contribution is -2.47. The van der Waals surface area contributed by atoms with Crippen molar-refractivity contribution in [2.45, 2.75) is 19.1 Å². The third kappa shape index (κ3) is 6.84. The predicted octanol–water partition coefficient (Wildman–Crippen LogP) is 4.26. The van der Waals surface area contributed by atoms with E-state index in [1.807, 2.05) is 24.3 Å². The molecule has 4 aromatic rings. The Bertz CT molecular complexity index is 1310. The van der Waals surface area contributed by atoms with Crippen LogP contribution in [-0.4, -0.2) is 58.0 Å². The second-order valence-corrected chi connectivity index (χ2v) is 9.45. The minimum Gasteiger partial charge on any atom is -0.497 e. The van der Waals surface area contributed by atoms with Crippen LogP contribution < -0.4 is 15.8 Å². The van der Waals surface area contributed by atoms with E-state index in [9.17, 15) is 8.78 Å². The Kier molecular flexibility index (Phi) is 8.24. The van der Waals surface area contributed by atoms with Gasteiger partial charge in [-0.1, -0.05) is 36.4 Å². The van der Waals surface area contributed by atoms with Crippen molar-refractivity contribution in [1.82, 2.24) is 24.8 Å². The normalized spacial score (nSPS) is 14.5. The molecule has 2 heterocycles. The van der Waals surface area contributed by atoms with E-state index in [4.69, 9.17) is 10.5 Å². The molecule has 0 atom stereocenters. The second-order valence-electron chi connectivity index (χ2n) is 9.45. The van der Waals surface area contributed by atoms with Crippen LogP contribution in [0.1, 0.15) is 28.6 Å². The van der Waals surface area contributed by atoms with Crippen LogP contribution in [0.2, 0.25) is 0 Å². The molecule has 8 nitrogen and oxygen atoms in total. The van der Waals surface area contributed by atoms with E-state index in [0.717, 1.165) is 48.6 Å². The molecule has 39 heavy (non-hydrogen) atoms. The molecule has 0 spiro atoms. The van der Waals surface area contributed by atoms with Gasteiger partial charge in [-0.25, -0.2) is 8.78 Å². The van der Waals surface area contributed by atoms with Gasteiger partial charge in [0.2, 0.25) is 11.9 Å². The van der Waals surface area contributed by atoms with Crippen LogP contribution >= 0.6 is 0 Å². The number of methoxy groups -OCH3 is 1. The number of anilines is 2. The number of benzene rings is 3. The molecule has 1 saturated heterocycles. The van der Waals surface area contributed by atoms with Gasteiger partial charge in [-0.05, 0) is 53.1 Å². The molecule has 10 heteroatoms. The standard InChI is InChI=1S/C29H31F2N7O/c1-39-25-12-2-20(3-13-25)18-33-29-35-26(34-28(32)36-29)19-37-14-16-38(17-15-37)27(21-4-8-23(30)9-5-21)22-6-10-24(31)11-7-22/h2-13,27H,14-19H2,1H3,(H3,32,33,34,35,36). The average molecular weight is 532 g/mol. The lowest BCUT2D eigenvalue weighted by atomic mass is 9.96. The lowest BCUT2D eigenvalue weighted by Gasteiger charge is -2.39. The van der Waals surface area contributed by atoms with Crippen LogP contribution in [0.25, 0.3) is 0 Å². The van der Waals surface area contributed by atoms with E-state index >= 15 is 0 Å². The first kappa shape index (κ1) is 26.5. The lowest BCUT2D eigenvalue weighted by molar-refractivity contribution is 0.103. The van der Waals surface area contributed by atoms with Gasteiger partial charge in [-0.2, -0.15) is 15.0 Å². The number of ether oxygens (including phenoxy) is 1. The molecular weight excluding hydrogens is 500 g/mol. The number of nitrogens with one attached hydrogen (secondary N) is 1. The van der Waals surface area contributed by atoms with Crippen molar-refractivity contribution < 1.29 is 13.5 Å². The van der Waals surface area contributed by atoms with Crippen molar-refractivity contribution in [2.75, 3.05) is 44.3 Å². The highest BCUT2D eigenvalue weighted by atomic mass is 19.1. The van der Waals surface area contributed by atoms with Gasteiger partial charge in [0.1, 0.15) is 23.2 Å². The van der Waals surface area contributed by atoms with E-state index in [0.29, 0.717) is 24.9 Å². The summed E-state index contributed by atoms with van der Waals surface area (Å²) < 4.78 is 32.4. The summed E-state index contributed by atoms with van der Waals surface area (Å²) in [7, 11) is 1.64. The summed E-state index contributed by atoms with van der Waals surface area (Å²) in [6.07, 6.45) is 0. The van der Waals surface area contributed by atoms with Gasteiger partial charge in [-0.15, -0.1) is 0 Å². The number of aromatic nitrogens is 3. The summed E-state index contributed by atoms with van der Waals surface area (Å²) >= 11 is 0. The molecular formula is C29H31F2N7O. The van der Waals surface area contributed by atoms with Gasteiger partial charge in [-0.3, -0.25) is 9.80 Å². The highest BCUT2D eigenvalue weighted by molar-refractivity contribution is 5.35. The fraction of sp³-hybridized carbons (Fsp3) is 0.276. The molecule has 0 radical (unpaired) electrons. The third-order valence-corrected chi connectivity index (χ3v) is 6.82. The van der Waals surface area contributed by atoms with Crippen LogP contribution in [0.15, 0.2) is 72.8 Å². The van der Waals surface area contributed by atoms with E-state index in [1.165, 1.54) is 24.3 Å². The van der Waals surface area contributed by atoms with Crippen LogP contribution in [0.3, 0.4) is 0 Å². The monoisotopic (exact) mass is 531 g/mol. The fourth-order valence-electron chi connectivity index (χ4n) is 4.80. The Morgan fingerprint density at radius 3 is 1.97 bits per heavy atom. The van der Waals surface area contributed by atoms with Gasteiger partial charge in [0.25, 0.3) is 0 Å². The SMILES string of the molecule is COc1ccc(CNc2nc(N)nc(CN3CCN(C(c4ccc(F)cc4)c4ccc(F)cc4)CC3)n2)cc1. The quantitative estimate of drug-likeness (QED) is 0.331. The number of nitrogen functional groups attached to an aromatic ring is 1. The van der Waals surface area contributed by atoms with E-state index in [-0.39, 0.29) is 23.6 Å². The zero-order chi connectivity index (χ0) is 27.2. The topological polar surface area (TPSA) is 92.4 Å². The molecule has 5 rings (SSSR count). The molecule has 0 amide bonds. The second kappa shape index (κ2) is 12.1. The fourth-order valence-corrected chi connectivity index (χ4v) is 4.80. The molecule has 202 valence electrons. The van der Waals surface area contributed by atoms with Gasteiger partial charge in [0.05, 0.1) is 19.7 Å². The number of halogens is 2. The molecule has 1 aromatic heterocycles. The van der Waals surface area contributed by atoms with Crippen LogP contribution in [-0.2, 0) is 13.1 Å². The first-order chi connectivity index (χ1) is 19.0. The average Bonchev–Trinajstić information content (AvgIpc) is 2.95. The maximum atomic E-state index is 13.6. The van der Waals surface area contributed by atoms with Crippen molar-refractivity contribution in [1.29, 1.82) is 0 Å². The minimum absolute atomic E-state index is 0.102. The van der Waals surface area contributed by atoms with Crippen LogP contribution in [0.5, 0.6) is 5.75 Å². The number of nitrogens with two attached hydrogens (primary N) is 1. The molecule has 3 aromatic carbocycles. The van der Waals surface area contributed by atoms with Crippen molar-refractivity contribution in [2.24, 2.45) is 0 Å². The van der Waals surface area contributed by atoms with Crippen molar-refractivity contribution in [3.8, 4) is 5.75 Å². The number of hydrogen-bond donors (Lipinski definition) is 2. The zero-order valence-electron chi connectivity index (χ0n) is 21.7. The molecule has 1 fully saturated rings. The van der Waals surface area contributed by atoms with Gasteiger partial charge < -0.3 is 15.8 Å². The Hall–Kier alpha value is -4.15. The summed E-state index contributed by atoms with van der Waals surface area (Å²) in [6.45, 7) is 4.17. The van der Waals surface area contributed by atoms with E-state index in [1.54, 1.807) is 31.4 Å². The first-order valence-corrected chi connectivity index (χ1v) is 12.8. The number of nitrogens with zero attached hydrogens (tertiary/aromatic N) is 5. The summed E-state index contributed by atoms with van der Waals surface area (Å²) in [5.74, 6) is 1.43. The molecule has 0 saturated carbocycles. The smallest absolute Gasteiger partial charge is 0.228 e. The Labute approximate surface area is 226 Å². The summed E-state index contributed by atoms with van der Waals surface area (Å²) in [5, 5.41) is 3.22. The molecule has 0 aliphatic carbocycles. The third-order valence-electron chi connectivity index (χ3n) is 6.82. The minimum atomic E-state index is -0.282. The van der Waals surface area contributed by atoms with Crippen LogP contribution in [0.4, 0.5) is 20.7 Å². The maximum Gasteiger partial charge on any atom is 0.228 e. The van der Waals surface area contributed by atoms with Crippen molar-refractivity contribution in [3.63, 3.8) is 0 Å². The number of hydrogen-bond acceptors (Lipinski definition) is 8. The predicted molar refractivity (Wildman–Crippen MR) is 146 cm³/mol. The van der Waals surface area contributed by atoms with E-state index in [2.05, 4.69) is 30.1 Å². The summed E-state index contributed by atoms with van der Waals surface area (Å²) in [4.78, 5) is 17.8. The molecule has 0 unspecified atom stereocenters. The first-order valence-electron chi connectivity index (χ1n) is 12.8. The maximum absolute atomic E-state index is 13.6. The van der Waals surface area contributed by atoms with E-state index < -0.39 is 0 Å². The highest BCUT2D eigenvalue weighted by Crippen LogP contribution is 2.30. The Balaban J connectivity index is 1.23. The molecule has 1 aliphatic heterocycles. The number of rotatable bonds is 9. The summed E-state index contributed by atoms with van der Waals surface area (Å²) in [6, 6.07) is 20.7. The Morgan fingerprint density at radius 2 is 1.41 bits per heavy atom. The highest BCUT2D eigenvalue weighted by Gasteiger charge is 2.27. The zero-order valence-corrected chi connectivity index (χ0v) is 21.7.